The Morgan fingerprint density at radius 1 is 1.10 bits per heavy atom. The van der Waals surface area contributed by atoms with Crippen molar-refractivity contribution in [3.63, 3.8) is 0 Å². The van der Waals surface area contributed by atoms with Gasteiger partial charge in [-0.2, -0.15) is 0 Å². The summed E-state index contributed by atoms with van der Waals surface area (Å²) in [5, 5.41) is 9.32. The molecule has 7 heteroatoms. The molecule has 0 saturated carbocycles. The van der Waals surface area contributed by atoms with Gasteiger partial charge in [0.25, 0.3) is 0 Å². The summed E-state index contributed by atoms with van der Waals surface area (Å²) < 4.78 is 1.29. The lowest BCUT2D eigenvalue weighted by molar-refractivity contribution is 0.240. The molecule has 0 unspecified atom stereocenters. The lowest BCUT2D eigenvalue weighted by atomic mass is 10.1. The number of nitrogens with one attached hydrogen (secondary N) is 2. The van der Waals surface area contributed by atoms with Crippen molar-refractivity contribution in [1.82, 2.24) is 20.5 Å². The number of pyridine rings is 1. The minimum absolute atomic E-state index is 0.146. The summed E-state index contributed by atoms with van der Waals surface area (Å²) >= 11 is 1.75. The van der Waals surface area contributed by atoms with Gasteiger partial charge in [0, 0.05) is 50.2 Å². The van der Waals surface area contributed by atoms with Crippen LogP contribution in [-0.2, 0) is 13.0 Å². The van der Waals surface area contributed by atoms with Crippen LogP contribution in [0.15, 0.2) is 48.0 Å². The molecule has 1 aliphatic rings. The zero-order valence-electron chi connectivity index (χ0n) is 16.7. The van der Waals surface area contributed by atoms with E-state index in [1.54, 1.807) is 11.3 Å². The smallest absolute Gasteiger partial charge is 0.315 e. The molecular formula is C22H27N5OS. The maximum atomic E-state index is 12.1. The number of urea groups is 1. The van der Waals surface area contributed by atoms with Gasteiger partial charge in [0.1, 0.15) is 5.82 Å². The Bertz CT molecular complexity index is 947. The Morgan fingerprint density at radius 2 is 1.93 bits per heavy atom. The first-order valence-corrected chi connectivity index (χ1v) is 10.9. The number of amides is 2. The van der Waals surface area contributed by atoms with Crippen LogP contribution in [0.2, 0.25) is 0 Å². The van der Waals surface area contributed by atoms with Crippen molar-refractivity contribution in [1.29, 1.82) is 0 Å². The number of fused-ring (bicyclic) bond motifs is 1. The van der Waals surface area contributed by atoms with Crippen molar-refractivity contribution in [2.24, 2.45) is 0 Å². The molecule has 6 nitrogen and oxygen atoms in total. The molecule has 1 aromatic carbocycles. The van der Waals surface area contributed by atoms with Crippen molar-refractivity contribution < 1.29 is 4.79 Å². The van der Waals surface area contributed by atoms with Crippen molar-refractivity contribution in [2.45, 2.75) is 13.0 Å². The molecule has 2 amide bonds. The predicted molar refractivity (Wildman–Crippen MR) is 120 cm³/mol. The Labute approximate surface area is 175 Å². The molecule has 4 rings (SSSR count). The molecule has 3 aromatic rings. The van der Waals surface area contributed by atoms with Gasteiger partial charge < -0.3 is 20.4 Å². The molecule has 1 saturated heterocycles. The van der Waals surface area contributed by atoms with E-state index in [9.17, 15) is 4.79 Å². The van der Waals surface area contributed by atoms with Crippen molar-refractivity contribution >= 4 is 33.3 Å². The Morgan fingerprint density at radius 3 is 2.72 bits per heavy atom. The first kappa shape index (κ1) is 19.7. The second-order valence-electron chi connectivity index (χ2n) is 7.43. The number of carbonyl (C=O) groups excluding carboxylic acids is 1. The Balaban J connectivity index is 1.20. The van der Waals surface area contributed by atoms with Crippen LogP contribution in [-0.4, -0.2) is 55.7 Å². The number of thiophene rings is 1. The van der Waals surface area contributed by atoms with Crippen LogP contribution in [0.1, 0.15) is 11.1 Å². The second kappa shape index (κ2) is 9.24. The van der Waals surface area contributed by atoms with Gasteiger partial charge in [-0.15, -0.1) is 11.3 Å². The fourth-order valence-corrected chi connectivity index (χ4v) is 4.52. The van der Waals surface area contributed by atoms with Crippen LogP contribution in [0.5, 0.6) is 0 Å². The highest BCUT2D eigenvalue weighted by Crippen LogP contribution is 2.25. The van der Waals surface area contributed by atoms with E-state index in [-0.39, 0.29) is 6.03 Å². The number of hydrogen-bond acceptors (Lipinski definition) is 5. The van der Waals surface area contributed by atoms with Gasteiger partial charge in [-0.25, -0.2) is 9.78 Å². The number of aromatic nitrogens is 1. The number of carbonyl (C=O) groups is 1. The van der Waals surface area contributed by atoms with Gasteiger partial charge in [-0.3, -0.25) is 0 Å². The van der Waals surface area contributed by atoms with Gasteiger partial charge in [0.2, 0.25) is 0 Å². The molecule has 2 aromatic heterocycles. The molecule has 2 N–H and O–H groups in total. The lowest BCUT2D eigenvalue weighted by Gasteiger charge is -2.33. The predicted octanol–water partition coefficient (Wildman–Crippen LogP) is 3.09. The van der Waals surface area contributed by atoms with Crippen LogP contribution in [0, 0.1) is 0 Å². The van der Waals surface area contributed by atoms with Crippen LogP contribution in [0.3, 0.4) is 0 Å². The van der Waals surface area contributed by atoms with Crippen molar-refractivity contribution in [3.8, 4) is 0 Å². The zero-order chi connectivity index (χ0) is 20.1. The Kier molecular flexibility index (Phi) is 6.27. The first-order chi connectivity index (χ1) is 14.2. The molecule has 0 radical (unpaired) electrons. The molecule has 1 fully saturated rings. The van der Waals surface area contributed by atoms with Crippen molar-refractivity contribution in [2.75, 3.05) is 44.7 Å². The van der Waals surface area contributed by atoms with E-state index in [4.69, 9.17) is 0 Å². The monoisotopic (exact) mass is 409 g/mol. The van der Waals surface area contributed by atoms with E-state index >= 15 is 0 Å². The highest BCUT2D eigenvalue weighted by atomic mass is 32.1. The molecule has 152 valence electrons. The molecule has 1 aliphatic heterocycles. The Hall–Kier alpha value is -2.64. The average Bonchev–Trinajstić information content (AvgIpc) is 3.16. The first-order valence-electron chi connectivity index (χ1n) is 10.0. The normalized spacial score (nSPS) is 14.9. The molecule has 0 bridgehead atoms. The summed E-state index contributed by atoms with van der Waals surface area (Å²) in [5.41, 5.74) is 2.29. The van der Waals surface area contributed by atoms with E-state index in [1.165, 1.54) is 15.6 Å². The van der Waals surface area contributed by atoms with E-state index < -0.39 is 0 Å². The summed E-state index contributed by atoms with van der Waals surface area (Å²) in [6, 6.07) is 12.3. The van der Waals surface area contributed by atoms with Gasteiger partial charge in [0.05, 0.1) is 0 Å². The third-order valence-electron chi connectivity index (χ3n) is 5.33. The van der Waals surface area contributed by atoms with Crippen LogP contribution >= 0.6 is 11.3 Å². The summed E-state index contributed by atoms with van der Waals surface area (Å²) in [5.74, 6) is 1.01. The number of hydrogen-bond donors (Lipinski definition) is 2. The van der Waals surface area contributed by atoms with Gasteiger partial charge in [-0.1, -0.05) is 24.3 Å². The molecule has 29 heavy (non-hydrogen) atoms. The third kappa shape index (κ3) is 5.05. The van der Waals surface area contributed by atoms with E-state index in [1.807, 2.05) is 18.3 Å². The summed E-state index contributed by atoms with van der Waals surface area (Å²) in [6.07, 6.45) is 2.68. The maximum Gasteiger partial charge on any atom is 0.315 e. The van der Waals surface area contributed by atoms with E-state index in [2.05, 4.69) is 62.1 Å². The molecule has 3 heterocycles. The molecule has 0 spiro atoms. The molecule has 0 aliphatic carbocycles. The van der Waals surface area contributed by atoms with E-state index in [0.29, 0.717) is 13.1 Å². The topological polar surface area (TPSA) is 60.5 Å². The average molecular weight is 410 g/mol. The largest absolute Gasteiger partial charge is 0.354 e. The fraction of sp³-hybridized carbons (Fsp3) is 0.364. The maximum absolute atomic E-state index is 12.1. The van der Waals surface area contributed by atoms with Gasteiger partial charge in [0.15, 0.2) is 0 Å². The van der Waals surface area contributed by atoms with Crippen molar-refractivity contribution in [3.05, 3.63) is 59.1 Å². The summed E-state index contributed by atoms with van der Waals surface area (Å²) in [4.78, 5) is 21.3. The quantitative estimate of drug-likeness (QED) is 0.657. The number of likely N-dealkylation sites (N-methyl/N-ethyl adjacent to an activating group) is 1. The SMILES string of the molecule is CN1CCN(c2ccc(CNC(=O)NCCc3csc4ccccc34)cn2)CC1. The molecule has 0 atom stereocenters. The number of piperazine rings is 1. The van der Waals surface area contributed by atoms with Gasteiger partial charge in [-0.05, 0) is 47.5 Å². The van der Waals surface area contributed by atoms with Crippen LogP contribution in [0.25, 0.3) is 10.1 Å². The van der Waals surface area contributed by atoms with Crippen LogP contribution in [0.4, 0.5) is 10.6 Å². The number of anilines is 1. The highest BCUT2D eigenvalue weighted by molar-refractivity contribution is 7.17. The summed E-state index contributed by atoms with van der Waals surface area (Å²) in [6.45, 7) is 5.22. The molecular weight excluding hydrogens is 382 g/mol. The third-order valence-corrected chi connectivity index (χ3v) is 6.34. The standard InChI is InChI=1S/C22H27N5OS/c1-26-10-12-27(13-11-26)21-7-6-17(14-24-21)15-25-22(28)23-9-8-18-16-29-20-5-3-2-4-19(18)20/h2-7,14,16H,8-13,15H2,1H3,(H2,23,25,28). The lowest BCUT2D eigenvalue weighted by Crippen LogP contribution is -2.44. The summed E-state index contributed by atoms with van der Waals surface area (Å²) in [7, 11) is 2.15. The number of nitrogens with zero attached hydrogens (tertiary/aromatic N) is 3. The van der Waals surface area contributed by atoms with Gasteiger partial charge >= 0.3 is 6.03 Å². The minimum Gasteiger partial charge on any atom is -0.354 e. The highest BCUT2D eigenvalue weighted by Gasteiger charge is 2.15. The van der Waals surface area contributed by atoms with E-state index in [0.717, 1.165) is 44.0 Å². The van der Waals surface area contributed by atoms with Crippen LogP contribution < -0.4 is 15.5 Å². The zero-order valence-corrected chi connectivity index (χ0v) is 17.5. The fourth-order valence-electron chi connectivity index (χ4n) is 3.53. The number of rotatable bonds is 6. The second-order valence-corrected chi connectivity index (χ2v) is 8.34. The number of benzene rings is 1. The minimum atomic E-state index is -0.146.